The highest BCUT2D eigenvalue weighted by Crippen LogP contribution is 2.37. The Balaban J connectivity index is 3.18. The van der Waals surface area contributed by atoms with Gasteiger partial charge in [-0.1, -0.05) is 12.1 Å². The van der Waals surface area contributed by atoms with Crippen LogP contribution >= 0.6 is 0 Å². The topological polar surface area (TPSA) is 50.7 Å². The summed E-state index contributed by atoms with van der Waals surface area (Å²) in [5.41, 5.74) is 1.72. The van der Waals surface area contributed by atoms with E-state index < -0.39 is 6.10 Å². The van der Waals surface area contributed by atoms with Gasteiger partial charge in [0, 0.05) is 12.1 Å². The van der Waals surface area contributed by atoms with Crippen molar-refractivity contribution in [3.63, 3.8) is 0 Å². The first-order valence-corrected chi connectivity index (χ1v) is 5.19. The predicted octanol–water partition coefficient (Wildman–Crippen LogP) is 1.27. The number of likely N-dealkylation sites (N-methyl/N-ethyl adjacent to an activating group) is 1. The van der Waals surface area contributed by atoms with Gasteiger partial charge in [-0.2, -0.15) is 0 Å². The van der Waals surface area contributed by atoms with Crippen molar-refractivity contribution in [2.24, 2.45) is 0 Å². The normalized spacial score (nSPS) is 12.3. The van der Waals surface area contributed by atoms with Crippen LogP contribution in [0.3, 0.4) is 0 Å². The van der Waals surface area contributed by atoms with Crippen molar-refractivity contribution in [3.05, 3.63) is 23.3 Å². The van der Waals surface area contributed by atoms with Crippen molar-refractivity contribution >= 4 is 0 Å². The summed E-state index contributed by atoms with van der Waals surface area (Å²) < 4.78 is 10.6. The number of rotatable bonds is 5. The van der Waals surface area contributed by atoms with Gasteiger partial charge in [-0.05, 0) is 19.5 Å². The Morgan fingerprint density at radius 3 is 2.38 bits per heavy atom. The van der Waals surface area contributed by atoms with Crippen molar-refractivity contribution < 1.29 is 14.6 Å². The summed E-state index contributed by atoms with van der Waals surface area (Å²) in [5, 5.41) is 12.9. The second kappa shape index (κ2) is 5.72. The summed E-state index contributed by atoms with van der Waals surface area (Å²) >= 11 is 0. The highest BCUT2D eigenvalue weighted by molar-refractivity contribution is 5.52. The molecule has 0 aliphatic rings. The van der Waals surface area contributed by atoms with Crippen LogP contribution in [-0.2, 0) is 0 Å². The van der Waals surface area contributed by atoms with Crippen LogP contribution in [-0.4, -0.2) is 32.9 Å². The lowest BCUT2D eigenvalue weighted by atomic mass is 10.0. The van der Waals surface area contributed by atoms with Crippen LogP contribution in [0.15, 0.2) is 12.1 Å². The number of benzene rings is 1. The van der Waals surface area contributed by atoms with E-state index in [4.69, 9.17) is 9.47 Å². The lowest BCUT2D eigenvalue weighted by Gasteiger charge is -2.18. The number of ether oxygens (including phenoxy) is 2. The Labute approximate surface area is 96.2 Å². The second-order valence-electron chi connectivity index (χ2n) is 3.61. The molecule has 16 heavy (non-hydrogen) atoms. The summed E-state index contributed by atoms with van der Waals surface area (Å²) in [6.07, 6.45) is -0.602. The molecule has 1 atom stereocenters. The second-order valence-corrected chi connectivity index (χ2v) is 3.61. The van der Waals surface area contributed by atoms with E-state index >= 15 is 0 Å². The van der Waals surface area contributed by atoms with Crippen LogP contribution in [0.2, 0.25) is 0 Å². The summed E-state index contributed by atoms with van der Waals surface area (Å²) in [6.45, 7) is 2.41. The molecule has 0 spiro atoms. The third-order valence-electron chi connectivity index (χ3n) is 2.50. The number of hydrogen-bond acceptors (Lipinski definition) is 4. The number of aryl methyl sites for hydroxylation is 1. The summed E-state index contributed by atoms with van der Waals surface area (Å²) in [6, 6.07) is 3.77. The van der Waals surface area contributed by atoms with Crippen LogP contribution in [0.25, 0.3) is 0 Å². The molecule has 4 nitrogen and oxygen atoms in total. The Morgan fingerprint density at radius 2 is 1.88 bits per heavy atom. The number of aliphatic hydroxyl groups excluding tert-OH is 1. The molecule has 2 N–H and O–H groups in total. The van der Waals surface area contributed by atoms with E-state index in [9.17, 15) is 5.11 Å². The Hall–Kier alpha value is -1.26. The molecule has 1 rings (SSSR count). The molecule has 0 aromatic heterocycles. The van der Waals surface area contributed by atoms with Gasteiger partial charge >= 0.3 is 0 Å². The van der Waals surface area contributed by atoms with Crippen molar-refractivity contribution in [2.45, 2.75) is 13.0 Å². The number of hydrogen-bond donors (Lipinski definition) is 2. The highest BCUT2D eigenvalue weighted by Gasteiger charge is 2.18. The van der Waals surface area contributed by atoms with E-state index in [1.165, 1.54) is 0 Å². The maximum atomic E-state index is 9.95. The van der Waals surface area contributed by atoms with Gasteiger partial charge < -0.3 is 19.9 Å². The molecule has 0 saturated carbocycles. The fourth-order valence-corrected chi connectivity index (χ4v) is 1.71. The van der Waals surface area contributed by atoms with E-state index in [2.05, 4.69) is 5.32 Å². The van der Waals surface area contributed by atoms with Crippen molar-refractivity contribution in [3.8, 4) is 11.5 Å². The first-order valence-electron chi connectivity index (χ1n) is 5.19. The monoisotopic (exact) mass is 225 g/mol. The van der Waals surface area contributed by atoms with E-state index in [-0.39, 0.29) is 0 Å². The number of aliphatic hydroxyl groups is 1. The van der Waals surface area contributed by atoms with E-state index in [1.807, 2.05) is 19.1 Å². The quantitative estimate of drug-likeness (QED) is 0.792. The molecule has 90 valence electrons. The first kappa shape index (κ1) is 12.8. The van der Waals surface area contributed by atoms with Gasteiger partial charge in [-0.25, -0.2) is 0 Å². The molecule has 0 heterocycles. The van der Waals surface area contributed by atoms with Gasteiger partial charge in [-0.15, -0.1) is 0 Å². The third kappa shape index (κ3) is 2.46. The molecule has 0 saturated heterocycles. The smallest absolute Gasteiger partial charge is 0.166 e. The van der Waals surface area contributed by atoms with Gasteiger partial charge in [0.25, 0.3) is 0 Å². The fourth-order valence-electron chi connectivity index (χ4n) is 1.71. The minimum Gasteiger partial charge on any atom is -0.493 e. The van der Waals surface area contributed by atoms with Gasteiger partial charge in [0.2, 0.25) is 0 Å². The van der Waals surface area contributed by atoms with Crippen molar-refractivity contribution in [2.75, 3.05) is 27.8 Å². The molecule has 4 heteroatoms. The molecule has 1 aromatic carbocycles. The minimum atomic E-state index is -0.602. The van der Waals surface area contributed by atoms with Gasteiger partial charge in [0.15, 0.2) is 11.5 Å². The zero-order valence-corrected chi connectivity index (χ0v) is 10.2. The molecule has 1 unspecified atom stereocenters. The fraction of sp³-hybridized carbons (Fsp3) is 0.500. The number of nitrogens with one attached hydrogen (secondary N) is 1. The first-order chi connectivity index (χ1) is 7.65. The molecule has 1 aromatic rings. The van der Waals surface area contributed by atoms with Crippen LogP contribution in [0.4, 0.5) is 0 Å². The standard InChI is InChI=1S/C12H19NO3/c1-8-5-6-9(10(14)7-13-2)12(16-4)11(8)15-3/h5-6,10,13-14H,7H2,1-4H3. The SMILES string of the molecule is CNCC(O)c1ccc(C)c(OC)c1OC. The maximum absolute atomic E-state index is 9.95. The lowest BCUT2D eigenvalue weighted by molar-refractivity contribution is 0.172. The van der Waals surface area contributed by atoms with Crippen molar-refractivity contribution in [1.29, 1.82) is 0 Å². The maximum Gasteiger partial charge on any atom is 0.166 e. The van der Waals surface area contributed by atoms with Gasteiger partial charge in [-0.3, -0.25) is 0 Å². The van der Waals surface area contributed by atoms with Crippen LogP contribution in [0.5, 0.6) is 11.5 Å². The Kier molecular flexibility index (Phi) is 4.58. The van der Waals surface area contributed by atoms with E-state index in [0.29, 0.717) is 18.0 Å². The number of methoxy groups -OCH3 is 2. The molecule has 0 radical (unpaired) electrons. The Bertz CT molecular complexity index is 352. The summed E-state index contributed by atoms with van der Waals surface area (Å²) in [5.74, 6) is 1.28. The van der Waals surface area contributed by atoms with E-state index in [1.54, 1.807) is 21.3 Å². The zero-order chi connectivity index (χ0) is 12.1. The molecule has 0 amide bonds. The molecule has 0 bridgehead atoms. The molecule has 0 aliphatic carbocycles. The molecule has 0 fully saturated rings. The molecular weight excluding hydrogens is 206 g/mol. The van der Waals surface area contributed by atoms with Crippen LogP contribution in [0.1, 0.15) is 17.2 Å². The summed E-state index contributed by atoms with van der Waals surface area (Å²) in [4.78, 5) is 0. The highest BCUT2D eigenvalue weighted by atomic mass is 16.5. The van der Waals surface area contributed by atoms with Gasteiger partial charge in [0.05, 0.1) is 20.3 Å². The predicted molar refractivity (Wildman–Crippen MR) is 63.2 cm³/mol. The minimum absolute atomic E-state index is 0.475. The van der Waals surface area contributed by atoms with Crippen LogP contribution < -0.4 is 14.8 Å². The van der Waals surface area contributed by atoms with Gasteiger partial charge in [0.1, 0.15) is 0 Å². The van der Waals surface area contributed by atoms with Crippen LogP contribution in [0, 0.1) is 6.92 Å². The summed E-state index contributed by atoms with van der Waals surface area (Å²) in [7, 11) is 4.97. The van der Waals surface area contributed by atoms with Crippen molar-refractivity contribution in [1.82, 2.24) is 5.32 Å². The molecular formula is C12H19NO3. The average Bonchev–Trinajstić information content (AvgIpc) is 2.28. The van der Waals surface area contributed by atoms with E-state index in [0.717, 1.165) is 11.1 Å². The molecule has 0 aliphatic heterocycles. The largest absolute Gasteiger partial charge is 0.493 e. The Morgan fingerprint density at radius 1 is 1.25 bits per heavy atom. The lowest BCUT2D eigenvalue weighted by Crippen LogP contribution is -2.17. The third-order valence-corrected chi connectivity index (χ3v) is 2.50. The average molecular weight is 225 g/mol. The zero-order valence-electron chi connectivity index (χ0n) is 10.2.